The van der Waals surface area contributed by atoms with Crippen LogP contribution in [0.5, 0.6) is 0 Å². The molecule has 0 radical (unpaired) electrons. The maximum atomic E-state index is 12.2. The van der Waals surface area contributed by atoms with Gasteiger partial charge in [0.2, 0.25) is 0 Å². The van der Waals surface area contributed by atoms with E-state index in [0.717, 1.165) is 17.3 Å². The number of nitrogens with one attached hydrogen (secondary N) is 1. The van der Waals surface area contributed by atoms with Crippen molar-refractivity contribution in [2.75, 3.05) is 17.8 Å². The second-order valence-corrected chi connectivity index (χ2v) is 7.29. The Balaban J connectivity index is 2.30. The molecule has 5 nitrogen and oxygen atoms in total. The third kappa shape index (κ3) is 3.44. The Morgan fingerprint density at radius 3 is 2.58 bits per heavy atom. The first-order valence-corrected chi connectivity index (χ1v) is 8.41. The van der Waals surface area contributed by atoms with Gasteiger partial charge in [-0.3, -0.25) is 4.72 Å². The van der Waals surface area contributed by atoms with Crippen molar-refractivity contribution in [3.8, 4) is 0 Å². The average molecular weight is 364 g/mol. The van der Waals surface area contributed by atoms with Crippen LogP contribution < -0.4 is 10.5 Å². The largest absolute Gasteiger partial charge is 0.389 e. The number of thiocarbonyl (C=S) groups is 1. The van der Waals surface area contributed by atoms with E-state index < -0.39 is 10.2 Å². The summed E-state index contributed by atoms with van der Waals surface area (Å²) in [7, 11) is -3.53. The highest BCUT2D eigenvalue weighted by atomic mass is 79.9. The van der Waals surface area contributed by atoms with E-state index in [-0.39, 0.29) is 4.99 Å². The molecule has 19 heavy (non-hydrogen) atoms. The first kappa shape index (κ1) is 14.7. The Labute approximate surface area is 126 Å². The van der Waals surface area contributed by atoms with E-state index in [0.29, 0.717) is 24.3 Å². The lowest BCUT2D eigenvalue weighted by Gasteiger charge is -2.18. The highest BCUT2D eigenvalue weighted by Crippen LogP contribution is 2.23. The van der Waals surface area contributed by atoms with Gasteiger partial charge in [0, 0.05) is 23.1 Å². The summed E-state index contributed by atoms with van der Waals surface area (Å²) in [5.41, 5.74) is 6.53. The maximum Gasteiger partial charge on any atom is 0.301 e. The van der Waals surface area contributed by atoms with E-state index in [9.17, 15) is 8.42 Å². The molecular weight excluding hydrogens is 350 g/mol. The summed E-state index contributed by atoms with van der Waals surface area (Å²) in [6.07, 6.45) is 1.78. The SMILES string of the molecule is NC(=S)c1cc(Br)ccc1NS(=O)(=O)N1CCCC1. The van der Waals surface area contributed by atoms with Gasteiger partial charge in [-0.05, 0) is 31.0 Å². The fourth-order valence-electron chi connectivity index (χ4n) is 1.94. The normalized spacial score (nSPS) is 16.5. The lowest BCUT2D eigenvalue weighted by Crippen LogP contribution is -2.34. The minimum atomic E-state index is -3.53. The predicted octanol–water partition coefficient (Wildman–Crippen LogP) is 1.84. The van der Waals surface area contributed by atoms with Crippen LogP contribution in [-0.4, -0.2) is 30.8 Å². The van der Waals surface area contributed by atoms with E-state index in [2.05, 4.69) is 20.7 Å². The standard InChI is InChI=1S/C11H14BrN3O2S2/c12-8-3-4-10(9(7-8)11(13)18)14-19(16,17)15-5-1-2-6-15/h3-4,7,14H,1-2,5-6H2,(H2,13,18). The minimum absolute atomic E-state index is 0.153. The van der Waals surface area contributed by atoms with E-state index in [1.807, 2.05) is 0 Å². The van der Waals surface area contributed by atoms with Gasteiger partial charge in [0.05, 0.1) is 5.69 Å². The van der Waals surface area contributed by atoms with Crippen LogP contribution in [0.3, 0.4) is 0 Å². The van der Waals surface area contributed by atoms with Crippen molar-refractivity contribution in [3.05, 3.63) is 28.2 Å². The lowest BCUT2D eigenvalue weighted by atomic mass is 10.2. The fourth-order valence-corrected chi connectivity index (χ4v) is 3.80. The van der Waals surface area contributed by atoms with Crippen molar-refractivity contribution in [2.24, 2.45) is 5.73 Å². The Bertz CT molecular complexity index is 598. The van der Waals surface area contributed by atoms with Gasteiger partial charge in [-0.1, -0.05) is 28.1 Å². The molecule has 0 bridgehead atoms. The van der Waals surface area contributed by atoms with Gasteiger partial charge < -0.3 is 5.73 Å². The quantitative estimate of drug-likeness (QED) is 0.800. The van der Waals surface area contributed by atoms with Crippen LogP contribution in [0.4, 0.5) is 5.69 Å². The van der Waals surface area contributed by atoms with Crippen LogP contribution in [0, 0.1) is 0 Å². The summed E-state index contributed by atoms with van der Waals surface area (Å²) in [5.74, 6) is 0. The smallest absolute Gasteiger partial charge is 0.301 e. The molecule has 1 aliphatic rings. The van der Waals surface area contributed by atoms with Gasteiger partial charge in [-0.15, -0.1) is 0 Å². The summed E-state index contributed by atoms with van der Waals surface area (Å²) < 4.78 is 29.1. The molecule has 1 fully saturated rings. The molecule has 8 heteroatoms. The minimum Gasteiger partial charge on any atom is -0.389 e. The zero-order chi connectivity index (χ0) is 14.0. The summed E-state index contributed by atoms with van der Waals surface area (Å²) >= 11 is 8.25. The zero-order valence-electron chi connectivity index (χ0n) is 10.1. The monoisotopic (exact) mass is 363 g/mol. The molecule has 1 aromatic rings. The molecule has 1 aliphatic heterocycles. The molecule has 0 aromatic heterocycles. The van der Waals surface area contributed by atoms with E-state index in [1.165, 1.54) is 4.31 Å². The molecule has 1 aromatic carbocycles. The number of nitrogens with zero attached hydrogens (tertiary/aromatic N) is 1. The van der Waals surface area contributed by atoms with Crippen LogP contribution in [0.2, 0.25) is 0 Å². The third-order valence-electron chi connectivity index (χ3n) is 2.89. The van der Waals surface area contributed by atoms with Crippen molar-refractivity contribution < 1.29 is 8.42 Å². The van der Waals surface area contributed by atoms with Crippen LogP contribution in [0.1, 0.15) is 18.4 Å². The molecule has 2 rings (SSSR count). The number of nitrogens with two attached hydrogens (primary N) is 1. The van der Waals surface area contributed by atoms with E-state index in [4.69, 9.17) is 18.0 Å². The molecule has 0 saturated carbocycles. The van der Waals surface area contributed by atoms with Gasteiger partial charge in [0.15, 0.2) is 0 Å². The molecule has 0 atom stereocenters. The molecule has 3 N–H and O–H groups in total. The maximum absolute atomic E-state index is 12.2. The summed E-state index contributed by atoms with van der Waals surface area (Å²) in [6.45, 7) is 1.10. The topological polar surface area (TPSA) is 75.4 Å². The lowest BCUT2D eigenvalue weighted by molar-refractivity contribution is 0.482. The number of hydrogen-bond acceptors (Lipinski definition) is 3. The summed E-state index contributed by atoms with van der Waals surface area (Å²) in [4.78, 5) is 0.153. The molecule has 0 aliphatic carbocycles. The first-order valence-electron chi connectivity index (χ1n) is 5.77. The van der Waals surface area contributed by atoms with Crippen molar-refractivity contribution >= 4 is 49.0 Å². The van der Waals surface area contributed by atoms with E-state index >= 15 is 0 Å². The zero-order valence-corrected chi connectivity index (χ0v) is 13.3. The van der Waals surface area contributed by atoms with Crippen molar-refractivity contribution in [1.29, 1.82) is 0 Å². The third-order valence-corrected chi connectivity index (χ3v) is 5.13. The molecule has 104 valence electrons. The van der Waals surface area contributed by atoms with Gasteiger partial charge >= 0.3 is 10.2 Å². The predicted molar refractivity (Wildman–Crippen MR) is 83.4 cm³/mol. The summed E-state index contributed by atoms with van der Waals surface area (Å²) in [5, 5.41) is 0. The number of rotatable bonds is 4. The number of hydrogen-bond donors (Lipinski definition) is 2. The van der Waals surface area contributed by atoms with Crippen molar-refractivity contribution in [1.82, 2.24) is 4.31 Å². The van der Waals surface area contributed by atoms with Gasteiger partial charge in [0.25, 0.3) is 0 Å². The fraction of sp³-hybridized carbons (Fsp3) is 0.364. The van der Waals surface area contributed by atoms with Crippen LogP contribution >= 0.6 is 28.1 Å². The second-order valence-electron chi connectivity index (χ2n) is 4.27. The molecule has 1 saturated heterocycles. The highest BCUT2D eigenvalue weighted by Gasteiger charge is 2.26. The summed E-state index contributed by atoms with van der Waals surface area (Å²) in [6, 6.07) is 5.08. The first-order chi connectivity index (χ1) is 8.90. The van der Waals surface area contributed by atoms with E-state index in [1.54, 1.807) is 18.2 Å². The number of halogens is 1. The van der Waals surface area contributed by atoms with Crippen LogP contribution in [0.15, 0.2) is 22.7 Å². The van der Waals surface area contributed by atoms with Gasteiger partial charge in [0.1, 0.15) is 4.99 Å². The van der Waals surface area contributed by atoms with Crippen LogP contribution in [0.25, 0.3) is 0 Å². The Morgan fingerprint density at radius 2 is 2.00 bits per heavy atom. The molecule has 1 heterocycles. The number of anilines is 1. The van der Waals surface area contributed by atoms with Crippen molar-refractivity contribution in [2.45, 2.75) is 12.8 Å². The van der Waals surface area contributed by atoms with Gasteiger partial charge in [-0.2, -0.15) is 12.7 Å². The van der Waals surface area contributed by atoms with Crippen LogP contribution in [-0.2, 0) is 10.2 Å². The Morgan fingerprint density at radius 1 is 1.37 bits per heavy atom. The van der Waals surface area contributed by atoms with Crippen molar-refractivity contribution in [3.63, 3.8) is 0 Å². The second kappa shape index (κ2) is 5.74. The molecule has 0 unspecified atom stereocenters. The molecule has 0 amide bonds. The van der Waals surface area contributed by atoms with Gasteiger partial charge in [-0.25, -0.2) is 0 Å². The highest BCUT2D eigenvalue weighted by molar-refractivity contribution is 9.10. The number of benzene rings is 1. The average Bonchev–Trinajstić information content (AvgIpc) is 2.85. The Kier molecular flexibility index (Phi) is 4.44. The molecular formula is C11H14BrN3O2S2. The molecule has 0 spiro atoms. The Hall–Kier alpha value is -0.700.